The Labute approximate surface area is 186 Å². The molecule has 1 N–H and O–H groups in total. The molecule has 0 saturated heterocycles. The second kappa shape index (κ2) is 10.1. The summed E-state index contributed by atoms with van der Waals surface area (Å²) in [6.07, 6.45) is -3.80. The van der Waals surface area contributed by atoms with Gasteiger partial charge in [0.25, 0.3) is 5.91 Å². The third-order valence-electron chi connectivity index (χ3n) is 4.52. The van der Waals surface area contributed by atoms with Gasteiger partial charge >= 0.3 is 12.3 Å². The van der Waals surface area contributed by atoms with Gasteiger partial charge in [0, 0.05) is 22.3 Å². The minimum Gasteiger partial charge on any atom is -0.370 e. The molecule has 0 radical (unpaired) electrons. The fourth-order valence-electron chi connectivity index (χ4n) is 2.90. The van der Waals surface area contributed by atoms with E-state index in [1.165, 1.54) is 12.1 Å². The molecule has 0 fully saturated rings. The summed E-state index contributed by atoms with van der Waals surface area (Å²) in [5, 5.41) is 7.67. The van der Waals surface area contributed by atoms with Crippen molar-refractivity contribution in [3.8, 4) is 0 Å². The van der Waals surface area contributed by atoms with Crippen molar-refractivity contribution in [2.24, 2.45) is 0 Å². The van der Waals surface area contributed by atoms with Crippen molar-refractivity contribution in [1.29, 1.82) is 0 Å². The number of rotatable bonds is 9. The van der Waals surface area contributed by atoms with Gasteiger partial charge in [0.1, 0.15) is 6.61 Å². The largest absolute Gasteiger partial charge is 0.370 e. The Morgan fingerprint density at radius 1 is 1.16 bits per heavy atom. The number of benzene rings is 2. The normalized spacial score (nSPS) is 11.7. The maximum Gasteiger partial charge on any atom is 0.330 e. The number of aromatic nitrogens is 2. The van der Waals surface area contributed by atoms with Crippen molar-refractivity contribution < 1.29 is 27.1 Å². The molecule has 3 aromatic rings. The van der Waals surface area contributed by atoms with E-state index in [2.05, 4.69) is 10.4 Å². The number of nitrogens with one attached hydrogen (secondary N) is 1. The third kappa shape index (κ3) is 6.30. The zero-order valence-corrected chi connectivity index (χ0v) is 17.8. The highest BCUT2D eigenvalue weighted by Gasteiger charge is 2.40. The molecule has 10 heteroatoms. The number of ether oxygens (including phenoxy) is 1. The molecule has 5 nitrogen and oxygen atoms in total. The van der Waals surface area contributed by atoms with Crippen LogP contribution in [0.1, 0.15) is 27.2 Å². The van der Waals surface area contributed by atoms with E-state index in [0.29, 0.717) is 22.9 Å². The summed E-state index contributed by atoms with van der Waals surface area (Å²) in [5.41, 5.74) is 2.41. The van der Waals surface area contributed by atoms with E-state index < -0.39 is 24.9 Å². The number of nitrogens with zero attached hydrogens (tertiary/aromatic N) is 2. The zero-order valence-electron chi connectivity index (χ0n) is 17.0. The van der Waals surface area contributed by atoms with Crippen LogP contribution >= 0.6 is 11.6 Å². The molecule has 0 unspecified atom stereocenters. The first-order valence-electron chi connectivity index (χ1n) is 9.57. The molecular formula is C22H20ClF4N3O2. The molecule has 0 aliphatic heterocycles. The van der Waals surface area contributed by atoms with Crippen LogP contribution in [0.4, 0.5) is 23.4 Å². The van der Waals surface area contributed by atoms with Crippen molar-refractivity contribution in [3.63, 3.8) is 0 Å². The van der Waals surface area contributed by atoms with E-state index in [0.717, 1.165) is 11.3 Å². The lowest BCUT2D eigenvalue weighted by Crippen LogP contribution is -2.32. The molecule has 1 aromatic heterocycles. The summed E-state index contributed by atoms with van der Waals surface area (Å²) in [6.45, 7) is 0.569. The van der Waals surface area contributed by atoms with Crippen LogP contribution < -0.4 is 5.32 Å². The number of carbonyl (C=O) groups excluding carboxylic acids is 1. The van der Waals surface area contributed by atoms with Crippen LogP contribution in [-0.4, -0.2) is 34.6 Å². The van der Waals surface area contributed by atoms with Gasteiger partial charge in [0.15, 0.2) is 5.82 Å². The first-order chi connectivity index (χ1) is 15.1. The fourth-order valence-corrected chi connectivity index (χ4v) is 3.11. The van der Waals surface area contributed by atoms with Crippen molar-refractivity contribution >= 4 is 23.3 Å². The molecule has 1 amide bonds. The van der Waals surface area contributed by atoms with E-state index in [4.69, 9.17) is 16.3 Å². The van der Waals surface area contributed by atoms with Crippen LogP contribution in [0.3, 0.4) is 0 Å². The Hall–Kier alpha value is -2.91. The number of hydrogen-bond donors (Lipinski definition) is 1. The highest BCUT2D eigenvalue weighted by atomic mass is 35.5. The highest BCUT2D eigenvalue weighted by molar-refractivity contribution is 6.30. The predicted molar refractivity (Wildman–Crippen MR) is 113 cm³/mol. The monoisotopic (exact) mass is 469 g/mol. The molecule has 0 aliphatic rings. The molecule has 170 valence electrons. The molecular weight excluding hydrogens is 450 g/mol. The van der Waals surface area contributed by atoms with Crippen LogP contribution in [0, 0.1) is 6.92 Å². The lowest BCUT2D eigenvalue weighted by molar-refractivity contribution is -0.168. The van der Waals surface area contributed by atoms with Crippen molar-refractivity contribution in [2.75, 3.05) is 11.9 Å². The lowest BCUT2D eigenvalue weighted by atomic mass is 10.1. The Kier molecular flexibility index (Phi) is 7.52. The van der Waals surface area contributed by atoms with Crippen molar-refractivity contribution in [1.82, 2.24) is 9.78 Å². The Morgan fingerprint density at radius 3 is 2.59 bits per heavy atom. The molecule has 0 saturated carbocycles. The number of alkyl halides is 4. The molecule has 0 aliphatic carbocycles. The van der Waals surface area contributed by atoms with Crippen LogP contribution in [0.25, 0.3) is 0 Å². The minimum atomic E-state index is -4.23. The Bertz CT molecular complexity index is 1090. The number of hydrogen-bond acceptors (Lipinski definition) is 3. The Morgan fingerprint density at radius 2 is 1.88 bits per heavy atom. The summed E-state index contributed by atoms with van der Waals surface area (Å²) in [5.74, 6) is -4.35. The topological polar surface area (TPSA) is 56.1 Å². The average Bonchev–Trinajstić information content (AvgIpc) is 3.06. The SMILES string of the molecule is Cc1cc(NC(=O)c2cccc(COCC(F)(F)C(F)F)c2)nn1Cc1cccc(Cl)c1. The van der Waals surface area contributed by atoms with Gasteiger partial charge in [-0.25, -0.2) is 8.78 Å². The van der Waals surface area contributed by atoms with Gasteiger partial charge in [-0.05, 0) is 42.3 Å². The quantitative estimate of drug-likeness (QED) is 0.417. The maximum atomic E-state index is 12.9. The van der Waals surface area contributed by atoms with Gasteiger partial charge in [-0.1, -0.05) is 35.9 Å². The van der Waals surface area contributed by atoms with E-state index >= 15 is 0 Å². The smallest absolute Gasteiger partial charge is 0.330 e. The number of carbonyl (C=O) groups is 1. The zero-order chi connectivity index (χ0) is 23.3. The average molecular weight is 470 g/mol. The van der Waals surface area contributed by atoms with E-state index in [1.807, 2.05) is 25.1 Å². The summed E-state index contributed by atoms with van der Waals surface area (Å²) in [6, 6.07) is 15.1. The van der Waals surface area contributed by atoms with Crippen LogP contribution in [0.2, 0.25) is 5.02 Å². The fraction of sp³-hybridized carbons (Fsp3) is 0.273. The van der Waals surface area contributed by atoms with Crippen molar-refractivity contribution in [2.45, 2.75) is 32.4 Å². The second-order valence-electron chi connectivity index (χ2n) is 7.17. The van der Waals surface area contributed by atoms with E-state index in [1.54, 1.807) is 28.9 Å². The number of halogens is 5. The lowest BCUT2D eigenvalue weighted by Gasteiger charge is -2.15. The first-order valence-corrected chi connectivity index (χ1v) is 9.95. The van der Waals surface area contributed by atoms with Crippen LogP contribution in [-0.2, 0) is 17.9 Å². The highest BCUT2D eigenvalue weighted by Crippen LogP contribution is 2.23. The Balaban J connectivity index is 1.62. The molecule has 2 aromatic carbocycles. The van der Waals surface area contributed by atoms with Gasteiger partial charge < -0.3 is 10.1 Å². The molecule has 3 rings (SSSR count). The summed E-state index contributed by atoms with van der Waals surface area (Å²) in [7, 11) is 0. The maximum absolute atomic E-state index is 12.9. The van der Waals surface area contributed by atoms with Gasteiger partial charge in [-0.2, -0.15) is 13.9 Å². The van der Waals surface area contributed by atoms with E-state index in [-0.39, 0.29) is 12.2 Å². The predicted octanol–water partition coefficient (Wildman–Crippen LogP) is 5.56. The third-order valence-corrected chi connectivity index (χ3v) is 4.75. The van der Waals surface area contributed by atoms with Gasteiger partial charge in [-0.3, -0.25) is 9.48 Å². The van der Waals surface area contributed by atoms with Gasteiger partial charge in [0.2, 0.25) is 0 Å². The van der Waals surface area contributed by atoms with E-state index in [9.17, 15) is 22.4 Å². The number of amides is 1. The molecule has 0 spiro atoms. The van der Waals surface area contributed by atoms with Gasteiger partial charge in [0.05, 0.1) is 13.2 Å². The van der Waals surface area contributed by atoms with Crippen LogP contribution in [0.5, 0.6) is 0 Å². The number of aryl methyl sites for hydroxylation is 1. The summed E-state index contributed by atoms with van der Waals surface area (Å²) in [4.78, 5) is 12.6. The van der Waals surface area contributed by atoms with Crippen LogP contribution in [0.15, 0.2) is 54.6 Å². The molecule has 32 heavy (non-hydrogen) atoms. The standard InChI is InChI=1S/C22H20ClF4N3O2/c1-14-8-19(29-30(14)11-15-4-3-7-18(23)10-15)28-20(31)17-6-2-5-16(9-17)12-32-13-22(26,27)21(24)25/h2-10,21H,11-13H2,1H3,(H,28,29,31). The molecule has 1 heterocycles. The summed E-state index contributed by atoms with van der Waals surface area (Å²) < 4.78 is 56.7. The minimum absolute atomic E-state index is 0.244. The molecule has 0 atom stereocenters. The van der Waals surface area contributed by atoms with Gasteiger partial charge in [-0.15, -0.1) is 0 Å². The van der Waals surface area contributed by atoms with Crippen molar-refractivity contribution in [3.05, 3.63) is 82.0 Å². The number of anilines is 1. The molecule has 0 bridgehead atoms. The first kappa shape index (κ1) is 23.7. The second-order valence-corrected chi connectivity index (χ2v) is 7.60. The summed E-state index contributed by atoms with van der Waals surface area (Å²) >= 11 is 6.01.